The van der Waals surface area contributed by atoms with E-state index in [2.05, 4.69) is 5.32 Å². The van der Waals surface area contributed by atoms with Crippen LogP contribution in [0.15, 0.2) is 18.2 Å². The largest absolute Gasteiger partial charge is 0.397 e. The van der Waals surface area contributed by atoms with E-state index in [0.717, 1.165) is 0 Å². The number of hydrogen-bond donors (Lipinski definition) is 3. The van der Waals surface area contributed by atoms with Gasteiger partial charge < -0.3 is 16.2 Å². The van der Waals surface area contributed by atoms with E-state index in [1.54, 1.807) is 18.2 Å². The SMILES string of the molecule is CC(CO)SCC(=O)Nc1cc(Cl)ccc1N. The quantitative estimate of drug-likeness (QED) is 0.718. The summed E-state index contributed by atoms with van der Waals surface area (Å²) in [5.74, 6) is 0.109. The number of nitrogens with two attached hydrogens (primary N) is 1. The molecule has 0 saturated heterocycles. The molecule has 4 nitrogen and oxygen atoms in total. The molecule has 0 aliphatic rings. The summed E-state index contributed by atoms with van der Waals surface area (Å²) in [6, 6.07) is 4.91. The van der Waals surface area contributed by atoms with Gasteiger partial charge in [0.05, 0.1) is 23.7 Å². The lowest BCUT2D eigenvalue weighted by molar-refractivity contribution is -0.113. The third-order valence-corrected chi connectivity index (χ3v) is 3.43. The molecule has 0 aliphatic heterocycles. The Balaban J connectivity index is 2.53. The first kappa shape index (κ1) is 14.2. The van der Waals surface area contributed by atoms with Crippen LogP contribution in [0.4, 0.5) is 11.4 Å². The van der Waals surface area contributed by atoms with Crippen LogP contribution in [0, 0.1) is 0 Å². The smallest absolute Gasteiger partial charge is 0.234 e. The zero-order valence-electron chi connectivity index (χ0n) is 9.44. The Morgan fingerprint density at radius 2 is 2.35 bits per heavy atom. The van der Waals surface area contributed by atoms with Gasteiger partial charge in [-0.2, -0.15) is 0 Å². The summed E-state index contributed by atoms with van der Waals surface area (Å²) in [5.41, 5.74) is 6.69. The molecule has 94 valence electrons. The van der Waals surface area contributed by atoms with E-state index in [9.17, 15) is 4.79 Å². The van der Waals surface area contributed by atoms with Gasteiger partial charge >= 0.3 is 0 Å². The van der Waals surface area contributed by atoms with Gasteiger partial charge in [-0.05, 0) is 18.2 Å². The number of hydrogen-bond acceptors (Lipinski definition) is 4. The van der Waals surface area contributed by atoms with Crippen LogP contribution in [0.3, 0.4) is 0 Å². The van der Waals surface area contributed by atoms with E-state index in [1.165, 1.54) is 11.8 Å². The number of carbonyl (C=O) groups excluding carboxylic acids is 1. The molecule has 1 rings (SSSR count). The van der Waals surface area contributed by atoms with Crippen LogP contribution in [-0.2, 0) is 4.79 Å². The number of aliphatic hydroxyl groups excluding tert-OH is 1. The van der Waals surface area contributed by atoms with Crippen molar-refractivity contribution in [3.05, 3.63) is 23.2 Å². The summed E-state index contributed by atoms with van der Waals surface area (Å²) < 4.78 is 0. The molecule has 1 aromatic rings. The normalized spacial score (nSPS) is 12.2. The Labute approximate surface area is 110 Å². The average Bonchev–Trinajstić information content (AvgIpc) is 2.30. The van der Waals surface area contributed by atoms with Crippen LogP contribution in [0.2, 0.25) is 5.02 Å². The highest BCUT2D eigenvalue weighted by Crippen LogP contribution is 2.23. The van der Waals surface area contributed by atoms with Crippen molar-refractivity contribution >= 4 is 40.6 Å². The van der Waals surface area contributed by atoms with Gasteiger partial charge in [0.2, 0.25) is 5.91 Å². The summed E-state index contributed by atoms with van der Waals surface area (Å²) in [6.07, 6.45) is 0. The monoisotopic (exact) mass is 274 g/mol. The Hall–Kier alpha value is -0.910. The number of amides is 1. The zero-order valence-corrected chi connectivity index (χ0v) is 11.0. The van der Waals surface area contributed by atoms with Crippen LogP contribution in [0.25, 0.3) is 0 Å². The van der Waals surface area contributed by atoms with Crippen LogP contribution in [-0.4, -0.2) is 28.6 Å². The van der Waals surface area contributed by atoms with Gasteiger partial charge in [0.25, 0.3) is 0 Å². The highest BCUT2D eigenvalue weighted by molar-refractivity contribution is 8.00. The number of halogens is 1. The van der Waals surface area contributed by atoms with Gasteiger partial charge in [0.15, 0.2) is 0 Å². The van der Waals surface area contributed by atoms with Crippen LogP contribution in [0.1, 0.15) is 6.92 Å². The van der Waals surface area contributed by atoms with E-state index in [4.69, 9.17) is 22.4 Å². The number of carbonyl (C=O) groups is 1. The number of nitrogen functional groups attached to an aromatic ring is 1. The summed E-state index contributed by atoms with van der Waals surface area (Å²) >= 11 is 7.18. The van der Waals surface area contributed by atoms with Crippen molar-refractivity contribution < 1.29 is 9.90 Å². The van der Waals surface area contributed by atoms with E-state index < -0.39 is 0 Å². The number of anilines is 2. The predicted octanol–water partition coefficient (Wildman–Crippen LogP) is 1.97. The van der Waals surface area contributed by atoms with Gasteiger partial charge in [-0.3, -0.25) is 4.79 Å². The van der Waals surface area contributed by atoms with Crippen LogP contribution < -0.4 is 11.1 Å². The molecule has 1 atom stereocenters. The second-order valence-corrected chi connectivity index (χ2v) is 5.45. The van der Waals surface area contributed by atoms with Gasteiger partial charge in [-0.15, -0.1) is 11.8 Å². The first-order valence-electron chi connectivity index (χ1n) is 5.10. The van der Waals surface area contributed by atoms with E-state index in [1.807, 2.05) is 6.92 Å². The fourth-order valence-electron chi connectivity index (χ4n) is 1.09. The van der Waals surface area contributed by atoms with Gasteiger partial charge in [0, 0.05) is 10.3 Å². The Bertz CT molecular complexity index is 401. The maximum absolute atomic E-state index is 11.6. The standard InChI is InChI=1S/C11H15ClN2O2S/c1-7(5-15)17-6-11(16)14-10-4-8(12)2-3-9(10)13/h2-4,7,15H,5-6,13H2,1H3,(H,14,16). The molecule has 0 spiro atoms. The molecular weight excluding hydrogens is 260 g/mol. The summed E-state index contributed by atoms with van der Waals surface area (Å²) in [7, 11) is 0. The maximum atomic E-state index is 11.6. The van der Waals surface area contributed by atoms with Crippen molar-refractivity contribution in [2.45, 2.75) is 12.2 Å². The third-order valence-electron chi connectivity index (χ3n) is 2.05. The number of benzene rings is 1. The van der Waals surface area contributed by atoms with Crippen molar-refractivity contribution in [2.75, 3.05) is 23.4 Å². The minimum absolute atomic E-state index is 0.0393. The lowest BCUT2D eigenvalue weighted by Gasteiger charge is -2.10. The lowest BCUT2D eigenvalue weighted by atomic mass is 10.2. The number of aliphatic hydroxyl groups is 1. The summed E-state index contributed by atoms with van der Waals surface area (Å²) in [5, 5.41) is 12.1. The molecule has 0 bridgehead atoms. The predicted molar refractivity (Wildman–Crippen MR) is 73.5 cm³/mol. The second-order valence-electron chi connectivity index (χ2n) is 3.58. The fourth-order valence-corrected chi connectivity index (χ4v) is 1.88. The molecule has 1 amide bonds. The van der Waals surface area contributed by atoms with Crippen molar-refractivity contribution in [2.24, 2.45) is 0 Å². The highest BCUT2D eigenvalue weighted by Gasteiger charge is 2.08. The maximum Gasteiger partial charge on any atom is 0.234 e. The molecule has 0 aromatic heterocycles. The zero-order chi connectivity index (χ0) is 12.8. The van der Waals surface area contributed by atoms with E-state index >= 15 is 0 Å². The average molecular weight is 275 g/mol. The number of thioether (sulfide) groups is 1. The molecular formula is C11H15ClN2O2S. The Morgan fingerprint density at radius 3 is 3.00 bits per heavy atom. The minimum atomic E-state index is -0.163. The lowest BCUT2D eigenvalue weighted by Crippen LogP contribution is -2.17. The minimum Gasteiger partial charge on any atom is -0.397 e. The summed E-state index contributed by atoms with van der Waals surface area (Å²) in [4.78, 5) is 11.6. The molecule has 17 heavy (non-hydrogen) atoms. The number of nitrogens with one attached hydrogen (secondary N) is 1. The molecule has 0 radical (unpaired) electrons. The first-order chi connectivity index (χ1) is 8.02. The van der Waals surface area contributed by atoms with Crippen molar-refractivity contribution in [3.8, 4) is 0 Å². The second kappa shape index (κ2) is 6.74. The van der Waals surface area contributed by atoms with Crippen molar-refractivity contribution in [1.82, 2.24) is 0 Å². The first-order valence-corrected chi connectivity index (χ1v) is 6.53. The number of rotatable bonds is 5. The van der Waals surface area contributed by atoms with Gasteiger partial charge in [-0.25, -0.2) is 0 Å². The summed E-state index contributed by atoms with van der Waals surface area (Å²) in [6.45, 7) is 1.91. The van der Waals surface area contributed by atoms with Crippen molar-refractivity contribution in [1.29, 1.82) is 0 Å². The van der Waals surface area contributed by atoms with Gasteiger partial charge in [-0.1, -0.05) is 18.5 Å². The molecule has 0 aliphatic carbocycles. The Kier molecular flexibility index (Phi) is 5.61. The van der Waals surface area contributed by atoms with E-state index in [-0.39, 0.29) is 23.5 Å². The van der Waals surface area contributed by atoms with Crippen molar-refractivity contribution in [3.63, 3.8) is 0 Å². The Morgan fingerprint density at radius 1 is 1.65 bits per heavy atom. The van der Waals surface area contributed by atoms with Crippen LogP contribution in [0.5, 0.6) is 0 Å². The molecule has 0 heterocycles. The van der Waals surface area contributed by atoms with E-state index in [0.29, 0.717) is 16.4 Å². The van der Waals surface area contributed by atoms with Crippen LogP contribution >= 0.6 is 23.4 Å². The van der Waals surface area contributed by atoms with Gasteiger partial charge in [0.1, 0.15) is 0 Å². The molecule has 6 heteroatoms. The topological polar surface area (TPSA) is 75.3 Å². The highest BCUT2D eigenvalue weighted by atomic mass is 35.5. The molecule has 0 fully saturated rings. The third kappa shape index (κ3) is 4.85. The molecule has 0 saturated carbocycles. The molecule has 1 unspecified atom stereocenters. The molecule has 1 aromatic carbocycles. The fraction of sp³-hybridized carbons (Fsp3) is 0.364. The molecule has 4 N–H and O–H groups in total.